The van der Waals surface area contributed by atoms with E-state index in [2.05, 4.69) is 10.2 Å². The Morgan fingerprint density at radius 3 is 2.36 bits per heavy atom. The second-order valence-corrected chi connectivity index (χ2v) is 6.90. The highest BCUT2D eigenvalue weighted by atomic mass is 35.5. The predicted molar refractivity (Wildman–Crippen MR) is 95.6 cm³/mol. The molecule has 134 valence electrons. The molecule has 2 aliphatic rings. The largest absolute Gasteiger partial charge is 0.367 e. The number of anilines is 1. The molecule has 3 rings (SSSR count). The van der Waals surface area contributed by atoms with E-state index in [-0.39, 0.29) is 24.2 Å². The Bertz CT molecular complexity index is 667. The summed E-state index contributed by atoms with van der Waals surface area (Å²) < 4.78 is 0. The van der Waals surface area contributed by atoms with Crippen LogP contribution in [0.1, 0.15) is 19.3 Å². The van der Waals surface area contributed by atoms with Crippen LogP contribution in [0.15, 0.2) is 24.3 Å². The third-order valence-electron chi connectivity index (χ3n) is 4.93. The van der Waals surface area contributed by atoms with E-state index in [4.69, 9.17) is 11.6 Å². The number of amides is 2. The van der Waals surface area contributed by atoms with Crippen LogP contribution in [0.4, 0.5) is 5.69 Å². The van der Waals surface area contributed by atoms with E-state index in [9.17, 15) is 14.4 Å². The van der Waals surface area contributed by atoms with Crippen molar-refractivity contribution in [1.82, 2.24) is 10.2 Å². The molecule has 1 saturated carbocycles. The van der Waals surface area contributed by atoms with Crippen molar-refractivity contribution >= 4 is 34.9 Å². The molecule has 1 heterocycles. The van der Waals surface area contributed by atoms with Gasteiger partial charge in [-0.05, 0) is 25.0 Å². The fraction of sp³-hybridized carbons (Fsp3) is 0.500. The van der Waals surface area contributed by atoms with Crippen molar-refractivity contribution in [2.45, 2.75) is 19.3 Å². The zero-order valence-electron chi connectivity index (χ0n) is 14.0. The van der Waals surface area contributed by atoms with Crippen molar-refractivity contribution in [2.24, 2.45) is 5.92 Å². The van der Waals surface area contributed by atoms with Gasteiger partial charge in [-0.3, -0.25) is 14.4 Å². The Morgan fingerprint density at radius 1 is 1.08 bits per heavy atom. The number of carbonyl (C=O) groups is 3. The molecule has 1 aromatic carbocycles. The van der Waals surface area contributed by atoms with Gasteiger partial charge < -0.3 is 15.1 Å². The number of para-hydroxylation sites is 1. The first-order valence-electron chi connectivity index (χ1n) is 8.65. The lowest BCUT2D eigenvalue weighted by atomic mass is 9.82. The highest BCUT2D eigenvalue weighted by molar-refractivity contribution is 6.37. The van der Waals surface area contributed by atoms with Crippen molar-refractivity contribution in [3.05, 3.63) is 29.3 Å². The predicted octanol–water partition coefficient (Wildman–Crippen LogP) is 1.47. The second-order valence-electron chi connectivity index (χ2n) is 6.49. The summed E-state index contributed by atoms with van der Waals surface area (Å²) >= 11 is 6.21. The number of nitrogens with zero attached hydrogens (tertiary/aromatic N) is 2. The third-order valence-corrected chi connectivity index (χ3v) is 5.25. The molecule has 0 aromatic heterocycles. The smallest absolute Gasteiger partial charge is 0.288 e. The summed E-state index contributed by atoms with van der Waals surface area (Å²) in [6, 6.07) is 7.64. The zero-order chi connectivity index (χ0) is 17.8. The minimum Gasteiger partial charge on any atom is -0.367 e. The van der Waals surface area contributed by atoms with Crippen molar-refractivity contribution in [3.8, 4) is 0 Å². The second kappa shape index (κ2) is 7.87. The van der Waals surface area contributed by atoms with Gasteiger partial charge in [0.05, 0.1) is 17.3 Å². The van der Waals surface area contributed by atoms with Crippen molar-refractivity contribution < 1.29 is 14.4 Å². The molecule has 0 unspecified atom stereocenters. The number of piperazine rings is 1. The van der Waals surface area contributed by atoms with E-state index in [0.717, 1.165) is 24.9 Å². The summed E-state index contributed by atoms with van der Waals surface area (Å²) in [6.07, 6.45) is 2.56. The average molecular weight is 364 g/mol. The first-order chi connectivity index (χ1) is 12.1. The van der Waals surface area contributed by atoms with E-state index < -0.39 is 5.91 Å². The molecule has 6 nitrogen and oxygen atoms in total. The number of hydrogen-bond donors (Lipinski definition) is 1. The third kappa shape index (κ3) is 4.12. The quantitative estimate of drug-likeness (QED) is 0.804. The van der Waals surface area contributed by atoms with E-state index >= 15 is 0 Å². The van der Waals surface area contributed by atoms with Gasteiger partial charge in [0.25, 0.3) is 5.91 Å². The number of rotatable bonds is 5. The molecule has 2 fully saturated rings. The van der Waals surface area contributed by atoms with Gasteiger partial charge in [-0.1, -0.05) is 30.2 Å². The summed E-state index contributed by atoms with van der Waals surface area (Å²) in [5.74, 6) is -1.32. The normalized spacial score (nSPS) is 17.8. The molecule has 7 heteroatoms. The van der Waals surface area contributed by atoms with Crippen LogP contribution in [0.2, 0.25) is 5.02 Å². The summed E-state index contributed by atoms with van der Waals surface area (Å²) in [7, 11) is 0. The number of Topliss-reactive ketones (excluding diaryl/α,β-unsaturated/α-hetero) is 1. The minimum absolute atomic E-state index is 0.122. The molecule has 0 radical (unpaired) electrons. The molecule has 25 heavy (non-hydrogen) atoms. The highest BCUT2D eigenvalue weighted by Crippen LogP contribution is 2.27. The number of carbonyl (C=O) groups excluding carboxylic acids is 3. The van der Waals surface area contributed by atoms with Gasteiger partial charge in [-0.15, -0.1) is 0 Å². The Hall–Kier alpha value is -2.08. The van der Waals surface area contributed by atoms with Gasteiger partial charge in [0, 0.05) is 32.1 Å². The summed E-state index contributed by atoms with van der Waals surface area (Å²) in [5.41, 5.74) is 0.968. The lowest BCUT2D eigenvalue weighted by molar-refractivity contribution is -0.142. The lowest BCUT2D eigenvalue weighted by Gasteiger charge is -2.36. The topological polar surface area (TPSA) is 69.7 Å². The van der Waals surface area contributed by atoms with Gasteiger partial charge in [0.1, 0.15) is 0 Å². The van der Waals surface area contributed by atoms with Crippen LogP contribution in [-0.4, -0.2) is 55.2 Å². The van der Waals surface area contributed by atoms with Gasteiger partial charge >= 0.3 is 0 Å². The van der Waals surface area contributed by atoms with Gasteiger partial charge in [0.2, 0.25) is 11.7 Å². The molecular formula is C18H22ClN3O3. The van der Waals surface area contributed by atoms with E-state index in [1.165, 1.54) is 0 Å². The Kier molecular flexibility index (Phi) is 5.58. The number of nitrogens with one attached hydrogen (secondary N) is 1. The van der Waals surface area contributed by atoms with Crippen LogP contribution in [0, 0.1) is 5.92 Å². The molecule has 0 bridgehead atoms. The monoisotopic (exact) mass is 363 g/mol. The van der Waals surface area contributed by atoms with Crippen LogP contribution in [-0.2, 0) is 14.4 Å². The van der Waals surface area contributed by atoms with Crippen molar-refractivity contribution in [1.29, 1.82) is 0 Å². The Balaban J connectivity index is 1.44. The van der Waals surface area contributed by atoms with E-state index in [1.807, 2.05) is 24.3 Å². The first kappa shape index (κ1) is 17.7. The number of benzene rings is 1. The van der Waals surface area contributed by atoms with E-state index in [1.54, 1.807) is 4.90 Å². The van der Waals surface area contributed by atoms with Crippen LogP contribution in [0.3, 0.4) is 0 Å². The maximum Gasteiger partial charge on any atom is 0.288 e. The summed E-state index contributed by atoms with van der Waals surface area (Å²) in [5, 5.41) is 3.16. The summed E-state index contributed by atoms with van der Waals surface area (Å²) in [4.78, 5) is 39.7. The fourth-order valence-electron chi connectivity index (χ4n) is 3.12. The van der Waals surface area contributed by atoms with Crippen molar-refractivity contribution in [3.63, 3.8) is 0 Å². The summed E-state index contributed by atoms with van der Waals surface area (Å²) in [6.45, 7) is 2.38. The first-order valence-corrected chi connectivity index (χ1v) is 9.03. The standard InChI is InChI=1S/C18H22ClN3O3/c19-14-6-1-2-7-15(14)21-8-10-22(11-9-21)16(23)12-20-18(25)17(24)13-4-3-5-13/h1-2,6-7,13H,3-5,8-12H2,(H,20,25). The Labute approximate surface area is 152 Å². The molecule has 0 spiro atoms. The maximum atomic E-state index is 12.2. The molecule has 1 saturated heterocycles. The molecule has 2 amide bonds. The van der Waals surface area contributed by atoms with Gasteiger partial charge in [-0.25, -0.2) is 0 Å². The molecule has 1 aliphatic heterocycles. The zero-order valence-corrected chi connectivity index (χ0v) is 14.8. The van der Waals surface area contributed by atoms with Crippen LogP contribution >= 0.6 is 11.6 Å². The van der Waals surface area contributed by atoms with Crippen LogP contribution in [0.5, 0.6) is 0 Å². The SMILES string of the molecule is O=C(NCC(=O)N1CCN(c2ccccc2Cl)CC1)C(=O)C1CCC1. The number of ketones is 1. The maximum absolute atomic E-state index is 12.2. The molecule has 0 atom stereocenters. The van der Waals surface area contributed by atoms with Gasteiger partial charge in [-0.2, -0.15) is 0 Å². The number of hydrogen-bond acceptors (Lipinski definition) is 4. The van der Waals surface area contributed by atoms with Crippen LogP contribution in [0.25, 0.3) is 0 Å². The fourth-order valence-corrected chi connectivity index (χ4v) is 3.37. The lowest BCUT2D eigenvalue weighted by Crippen LogP contribution is -2.52. The minimum atomic E-state index is -0.632. The van der Waals surface area contributed by atoms with Gasteiger partial charge in [0.15, 0.2) is 0 Å². The molecule has 1 aromatic rings. The van der Waals surface area contributed by atoms with E-state index in [0.29, 0.717) is 31.2 Å². The molecule has 1 N–H and O–H groups in total. The molecular weight excluding hydrogens is 342 g/mol. The average Bonchev–Trinajstić information content (AvgIpc) is 2.58. The highest BCUT2D eigenvalue weighted by Gasteiger charge is 2.30. The number of halogens is 1. The van der Waals surface area contributed by atoms with Crippen molar-refractivity contribution in [2.75, 3.05) is 37.6 Å². The van der Waals surface area contributed by atoms with Crippen LogP contribution < -0.4 is 10.2 Å². The Morgan fingerprint density at radius 2 is 1.76 bits per heavy atom. The molecule has 1 aliphatic carbocycles.